The summed E-state index contributed by atoms with van der Waals surface area (Å²) in [6, 6.07) is 1.32. The van der Waals surface area contributed by atoms with Crippen LogP contribution in [0, 0.1) is 12.8 Å². The van der Waals surface area contributed by atoms with Crippen LogP contribution in [0.5, 0.6) is 0 Å². The number of hydrogen-bond donors (Lipinski definition) is 1. The minimum Gasteiger partial charge on any atom is -0.343 e. The van der Waals surface area contributed by atoms with Crippen molar-refractivity contribution in [2.45, 2.75) is 33.4 Å². The van der Waals surface area contributed by atoms with Crippen molar-refractivity contribution in [3.8, 4) is 0 Å². The van der Waals surface area contributed by atoms with E-state index >= 15 is 0 Å². The fraction of sp³-hybridized carbons (Fsp3) is 0.538. The SMILES string of the molecule is Cc1nccc(CN2CC(=O)NC(C(C)C)C2=O)n1. The van der Waals surface area contributed by atoms with Crippen LogP contribution >= 0.6 is 0 Å². The minimum absolute atomic E-state index is 0.0501. The van der Waals surface area contributed by atoms with Crippen molar-refractivity contribution in [3.05, 3.63) is 23.8 Å². The van der Waals surface area contributed by atoms with Crippen LogP contribution in [-0.2, 0) is 16.1 Å². The van der Waals surface area contributed by atoms with Gasteiger partial charge in [-0.1, -0.05) is 13.8 Å². The van der Waals surface area contributed by atoms with Crippen LogP contribution < -0.4 is 5.32 Å². The van der Waals surface area contributed by atoms with Crippen LogP contribution in [0.1, 0.15) is 25.4 Å². The zero-order chi connectivity index (χ0) is 14.0. The molecule has 19 heavy (non-hydrogen) atoms. The van der Waals surface area contributed by atoms with Gasteiger partial charge in [-0.2, -0.15) is 0 Å². The van der Waals surface area contributed by atoms with Crippen LogP contribution in [-0.4, -0.2) is 39.3 Å². The molecule has 1 saturated heterocycles. The van der Waals surface area contributed by atoms with Crippen LogP contribution in [0.15, 0.2) is 12.3 Å². The first-order chi connectivity index (χ1) is 8.97. The number of hydrogen-bond acceptors (Lipinski definition) is 4. The highest BCUT2D eigenvalue weighted by atomic mass is 16.2. The lowest BCUT2D eigenvalue weighted by atomic mass is 10.0. The highest BCUT2D eigenvalue weighted by Crippen LogP contribution is 2.13. The van der Waals surface area contributed by atoms with Crippen molar-refractivity contribution in [3.63, 3.8) is 0 Å². The lowest BCUT2D eigenvalue weighted by Gasteiger charge is -2.34. The molecule has 0 radical (unpaired) electrons. The second-order valence-electron chi connectivity index (χ2n) is 5.08. The zero-order valence-electron chi connectivity index (χ0n) is 11.4. The minimum atomic E-state index is -0.441. The third kappa shape index (κ3) is 3.07. The highest BCUT2D eigenvalue weighted by Gasteiger charge is 2.34. The average Bonchev–Trinajstić information content (AvgIpc) is 2.33. The lowest BCUT2D eigenvalue weighted by Crippen LogP contribution is -2.59. The second-order valence-corrected chi connectivity index (χ2v) is 5.08. The van der Waals surface area contributed by atoms with Crippen molar-refractivity contribution < 1.29 is 9.59 Å². The molecule has 1 aromatic rings. The van der Waals surface area contributed by atoms with E-state index in [-0.39, 0.29) is 24.3 Å². The van der Waals surface area contributed by atoms with Gasteiger partial charge >= 0.3 is 0 Å². The number of nitrogens with one attached hydrogen (secondary N) is 1. The largest absolute Gasteiger partial charge is 0.343 e. The molecule has 1 N–H and O–H groups in total. The molecule has 6 heteroatoms. The molecule has 102 valence electrons. The predicted molar refractivity (Wildman–Crippen MR) is 69.0 cm³/mol. The Hall–Kier alpha value is -1.98. The molecule has 0 saturated carbocycles. The van der Waals surface area contributed by atoms with Crippen molar-refractivity contribution >= 4 is 11.8 Å². The average molecular weight is 262 g/mol. The lowest BCUT2D eigenvalue weighted by molar-refractivity contribution is -0.146. The Morgan fingerprint density at radius 2 is 2.21 bits per heavy atom. The van der Waals surface area contributed by atoms with Crippen molar-refractivity contribution in [1.29, 1.82) is 0 Å². The molecule has 2 rings (SSSR count). The summed E-state index contributed by atoms with van der Waals surface area (Å²) in [5.74, 6) is 0.563. The normalized spacial score (nSPS) is 19.8. The maximum absolute atomic E-state index is 12.3. The van der Waals surface area contributed by atoms with Crippen LogP contribution in [0.2, 0.25) is 0 Å². The third-order valence-electron chi connectivity index (χ3n) is 3.08. The number of nitrogens with zero attached hydrogens (tertiary/aromatic N) is 3. The summed E-state index contributed by atoms with van der Waals surface area (Å²) in [7, 11) is 0. The molecule has 1 atom stereocenters. The van der Waals surface area contributed by atoms with Gasteiger partial charge in [-0.05, 0) is 18.9 Å². The van der Waals surface area contributed by atoms with Crippen molar-refractivity contribution in [2.24, 2.45) is 5.92 Å². The van der Waals surface area contributed by atoms with E-state index in [0.717, 1.165) is 5.69 Å². The molecule has 0 bridgehead atoms. The van der Waals surface area contributed by atoms with E-state index in [2.05, 4.69) is 15.3 Å². The Kier molecular flexibility index (Phi) is 3.78. The predicted octanol–water partition coefficient (Wildman–Crippen LogP) is 0.268. The molecule has 0 aliphatic carbocycles. The van der Waals surface area contributed by atoms with E-state index in [1.165, 1.54) is 0 Å². The summed E-state index contributed by atoms with van der Waals surface area (Å²) >= 11 is 0. The van der Waals surface area contributed by atoms with Gasteiger partial charge in [0.1, 0.15) is 18.4 Å². The van der Waals surface area contributed by atoms with Gasteiger partial charge in [0.05, 0.1) is 12.2 Å². The molecule has 6 nitrogen and oxygen atoms in total. The summed E-state index contributed by atoms with van der Waals surface area (Å²) < 4.78 is 0. The molecule has 0 aromatic carbocycles. The van der Waals surface area contributed by atoms with E-state index in [1.54, 1.807) is 24.1 Å². The fourth-order valence-electron chi connectivity index (χ4n) is 2.10. The fourth-order valence-corrected chi connectivity index (χ4v) is 2.10. The summed E-state index contributed by atoms with van der Waals surface area (Å²) in [6.45, 7) is 6.07. The first-order valence-electron chi connectivity index (χ1n) is 6.34. The van der Waals surface area contributed by atoms with Crippen LogP contribution in [0.25, 0.3) is 0 Å². The number of carbonyl (C=O) groups is 2. The Bertz CT molecular complexity index is 501. The number of aromatic nitrogens is 2. The van der Waals surface area contributed by atoms with Gasteiger partial charge in [0, 0.05) is 6.20 Å². The summed E-state index contributed by atoms with van der Waals surface area (Å²) in [4.78, 5) is 33.7. The molecule has 1 unspecified atom stereocenters. The summed E-state index contributed by atoms with van der Waals surface area (Å²) in [5.41, 5.74) is 0.748. The Morgan fingerprint density at radius 3 is 2.84 bits per heavy atom. The number of piperazine rings is 1. The molecule has 2 amide bonds. The van der Waals surface area contributed by atoms with Gasteiger partial charge in [-0.3, -0.25) is 9.59 Å². The van der Waals surface area contributed by atoms with E-state index in [0.29, 0.717) is 12.4 Å². The van der Waals surface area contributed by atoms with Crippen LogP contribution in [0.3, 0.4) is 0 Å². The van der Waals surface area contributed by atoms with Gasteiger partial charge in [0.25, 0.3) is 0 Å². The molecule has 1 aliphatic heterocycles. The molecule has 1 aliphatic rings. The molecule has 1 fully saturated rings. The molecule has 0 spiro atoms. The summed E-state index contributed by atoms with van der Waals surface area (Å²) in [6.07, 6.45) is 1.66. The first-order valence-corrected chi connectivity index (χ1v) is 6.34. The standard InChI is InChI=1S/C13H18N4O2/c1-8(2)12-13(19)17(7-11(18)16-12)6-10-4-5-14-9(3)15-10/h4-5,8,12H,6-7H2,1-3H3,(H,16,18). The smallest absolute Gasteiger partial charge is 0.246 e. The quantitative estimate of drug-likeness (QED) is 0.848. The molecular weight excluding hydrogens is 244 g/mol. The maximum atomic E-state index is 12.3. The topological polar surface area (TPSA) is 75.2 Å². The maximum Gasteiger partial charge on any atom is 0.246 e. The Balaban J connectivity index is 2.14. The third-order valence-corrected chi connectivity index (χ3v) is 3.08. The summed E-state index contributed by atoms with van der Waals surface area (Å²) in [5, 5.41) is 2.73. The van der Waals surface area contributed by atoms with E-state index < -0.39 is 6.04 Å². The molecular formula is C13H18N4O2. The van der Waals surface area contributed by atoms with E-state index in [4.69, 9.17) is 0 Å². The highest BCUT2D eigenvalue weighted by molar-refractivity contribution is 5.94. The van der Waals surface area contributed by atoms with Gasteiger partial charge in [-0.25, -0.2) is 9.97 Å². The van der Waals surface area contributed by atoms with Gasteiger partial charge < -0.3 is 10.2 Å². The van der Waals surface area contributed by atoms with Gasteiger partial charge in [0.15, 0.2) is 0 Å². The van der Waals surface area contributed by atoms with Crippen molar-refractivity contribution in [2.75, 3.05) is 6.54 Å². The van der Waals surface area contributed by atoms with E-state index in [1.807, 2.05) is 13.8 Å². The monoisotopic (exact) mass is 262 g/mol. The first kappa shape index (κ1) is 13.5. The number of rotatable bonds is 3. The second kappa shape index (κ2) is 5.34. The molecule has 2 heterocycles. The Labute approximate surface area is 112 Å². The Morgan fingerprint density at radius 1 is 1.47 bits per heavy atom. The number of aryl methyl sites for hydroxylation is 1. The zero-order valence-corrected chi connectivity index (χ0v) is 11.4. The van der Waals surface area contributed by atoms with Gasteiger partial charge in [-0.15, -0.1) is 0 Å². The van der Waals surface area contributed by atoms with Gasteiger partial charge in [0.2, 0.25) is 11.8 Å². The van der Waals surface area contributed by atoms with Crippen molar-refractivity contribution in [1.82, 2.24) is 20.2 Å². The van der Waals surface area contributed by atoms with E-state index in [9.17, 15) is 9.59 Å². The van der Waals surface area contributed by atoms with Crippen LogP contribution in [0.4, 0.5) is 0 Å². The number of amides is 2. The molecule has 1 aromatic heterocycles. The number of carbonyl (C=O) groups excluding carboxylic acids is 2.